The first-order valence-electron chi connectivity index (χ1n) is 30.8. The van der Waals surface area contributed by atoms with Crippen molar-refractivity contribution >= 4 is 76.5 Å². The third-order valence-electron chi connectivity index (χ3n) is 14.3. The molecule has 5 unspecified atom stereocenters. The summed E-state index contributed by atoms with van der Waals surface area (Å²) < 4.78 is 21.9. The summed E-state index contributed by atoms with van der Waals surface area (Å²) in [4.78, 5) is 138. The van der Waals surface area contributed by atoms with E-state index in [2.05, 4.69) is 26.6 Å². The van der Waals surface area contributed by atoms with Crippen LogP contribution in [0, 0.1) is 5.92 Å². The average molecular weight is 1270 g/mol. The summed E-state index contributed by atoms with van der Waals surface area (Å²) >= 11 is 0. The molecule has 5 aromatic carbocycles. The van der Waals surface area contributed by atoms with Gasteiger partial charge in [0.1, 0.15) is 53.3 Å². The molecule has 93 heavy (non-hydrogen) atoms. The van der Waals surface area contributed by atoms with Gasteiger partial charge in [-0.3, -0.25) is 43.3 Å². The largest absolute Gasteiger partial charge is 0.508 e. The van der Waals surface area contributed by atoms with Gasteiger partial charge in [-0.2, -0.15) is 0 Å². The number of nitrogens with one attached hydrogen (secondary N) is 5. The number of anilines is 1. The van der Waals surface area contributed by atoms with Crippen LogP contribution in [0.15, 0.2) is 156 Å². The third-order valence-corrected chi connectivity index (χ3v) is 14.3. The Morgan fingerprint density at radius 3 is 1.57 bits per heavy atom. The number of amidine groups is 1. The lowest BCUT2D eigenvalue weighted by Crippen LogP contribution is -2.59. The molecule has 0 saturated carbocycles. The molecule has 492 valence electrons. The molecule has 5 aromatic rings. The molecule has 22 heteroatoms. The number of phenols is 1. The quantitative estimate of drug-likeness (QED) is 0.0223. The Bertz CT molecular complexity index is 3590. The van der Waals surface area contributed by atoms with E-state index in [9.17, 15) is 43.5 Å². The van der Waals surface area contributed by atoms with Crippen LogP contribution in [-0.4, -0.2) is 122 Å². The molecule has 5 atom stereocenters. The van der Waals surface area contributed by atoms with Gasteiger partial charge in [0.05, 0.1) is 24.3 Å². The van der Waals surface area contributed by atoms with Gasteiger partial charge in [-0.15, -0.1) is 0 Å². The van der Waals surface area contributed by atoms with Gasteiger partial charge < -0.3 is 50.6 Å². The number of hydrogen-bond donors (Lipinski definition) is 6. The molecule has 6 amide bonds. The number of aliphatic imine (C=N–C) groups is 2. The van der Waals surface area contributed by atoms with Crippen LogP contribution in [-0.2, 0) is 83.2 Å². The lowest BCUT2D eigenvalue weighted by molar-refractivity contribution is -0.157. The van der Waals surface area contributed by atoms with Crippen molar-refractivity contribution in [2.75, 3.05) is 5.32 Å². The van der Waals surface area contributed by atoms with E-state index < -0.39 is 119 Å². The highest BCUT2D eigenvalue weighted by molar-refractivity contribution is 6.47. The Morgan fingerprint density at radius 1 is 0.548 bits per heavy atom. The second-order valence-electron chi connectivity index (χ2n) is 26.3. The maximum atomic E-state index is 15.2. The zero-order chi connectivity index (χ0) is 67.8. The maximum absolute atomic E-state index is 15.2. The van der Waals surface area contributed by atoms with Crippen LogP contribution in [0.3, 0.4) is 0 Å². The topological polar surface area (TPSA) is 299 Å². The van der Waals surface area contributed by atoms with E-state index in [0.29, 0.717) is 40.4 Å². The van der Waals surface area contributed by atoms with Crippen molar-refractivity contribution in [3.8, 4) is 5.75 Å². The zero-order valence-corrected chi connectivity index (χ0v) is 54.5. The summed E-state index contributed by atoms with van der Waals surface area (Å²) in [5.41, 5.74) is 0.881. The van der Waals surface area contributed by atoms with Crippen molar-refractivity contribution in [3.05, 3.63) is 174 Å². The van der Waals surface area contributed by atoms with Crippen LogP contribution in [0.5, 0.6) is 5.75 Å². The molecule has 2 aliphatic rings. The standard InChI is InChI=1S/C71H84N8O14/c1-44(2)60(77-62(84)52(35-36-57(81)91-68(3,4)5)74-64(86)55(39-59(83)93-70(9,10)11)76-67(89)90-43-48-25-19-14-20-26-48)65(87)75-54(38-58(82)92-69(6,7)8)63(85)72-50-31-27-47(28-32-50)41-71(40-46-23-17-13-18-24-46)66(88)79-42-56(49-29-33-51(80)34-30-49)73-53(61(79)78-71)37-45-21-15-12-16-22-45/h12-34,42,44,52,54-55,60,80H,35-41,43H2,1-11H3,(H,72,85)(H,74,86)(H,75,87)(H,76,89)(H,77,84). The van der Waals surface area contributed by atoms with E-state index in [1.54, 1.807) is 166 Å². The van der Waals surface area contributed by atoms with Crippen LogP contribution in [0.4, 0.5) is 10.5 Å². The van der Waals surface area contributed by atoms with Crippen LogP contribution < -0.4 is 26.6 Å². The van der Waals surface area contributed by atoms with Gasteiger partial charge in [-0.25, -0.2) is 14.8 Å². The first-order chi connectivity index (χ1) is 43.8. The average Bonchev–Trinajstić information content (AvgIpc) is 1.59. The summed E-state index contributed by atoms with van der Waals surface area (Å²) in [6.07, 6.45) is -0.849. The highest BCUT2D eigenvalue weighted by Gasteiger charge is 2.50. The number of rotatable bonds is 26. The van der Waals surface area contributed by atoms with Gasteiger partial charge in [0, 0.05) is 43.1 Å². The Morgan fingerprint density at radius 2 is 1.03 bits per heavy atom. The first-order valence-corrected chi connectivity index (χ1v) is 30.8. The number of ether oxygens (including phenoxy) is 4. The summed E-state index contributed by atoms with van der Waals surface area (Å²) in [6.45, 7) is 17.7. The molecule has 0 saturated heterocycles. The van der Waals surface area contributed by atoms with Crippen LogP contribution >= 0.6 is 0 Å². The lowest BCUT2D eigenvalue weighted by atomic mass is 9.84. The normalized spacial score (nSPS) is 15.9. The maximum Gasteiger partial charge on any atom is 0.408 e. The number of carbonyl (C=O) groups is 9. The summed E-state index contributed by atoms with van der Waals surface area (Å²) in [7, 11) is 0. The van der Waals surface area contributed by atoms with Gasteiger partial charge >= 0.3 is 24.0 Å². The second-order valence-corrected chi connectivity index (χ2v) is 26.3. The highest BCUT2D eigenvalue weighted by atomic mass is 16.6. The van der Waals surface area contributed by atoms with E-state index in [0.717, 1.165) is 11.1 Å². The fourth-order valence-corrected chi connectivity index (χ4v) is 10.1. The van der Waals surface area contributed by atoms with E-state index in [4.69, 9.17) is 28.9 Å². The van der Waals surface area contributed by atoms with Crippen LogP contribution in [0.25, 0.3) is 5.70 Å². The summed E-state index contributed by atoms with van der Waals surface area (Å²) in [6, 6.07) is 34.9. The molecule has 0 aromatic heterocycles. The van der Waals surface area contributed by atoms with Crippen molar-refractivity contribution in [1.82, 2.24) is 26.2 Å². The number of phenolic OH excluding ortho intramolecular Hbond substituents is 1. The fraction of sp³-hybridized carbons (Fsp3) is 0.394. The lowest BCUT2D eigenvalue weighted by Gasteiger charge is -2.28. The van der Waals surface area contributed by atoms with E-state index in [1.807, 2.05) is 60.7 Å². The third kappa shape index (κ3) is 21.6. The molecular weight excluding hydrogens is 1190 g/mol. The number of hydrogen-bond acceptors (Lipinski definition) is 16. The number of nitrogens with zero attached hydrogens (tertiary/aromatic N) is 3. The van der Waals surface area contributed by atoms with E-state index >= 15 is 4.79 Å². The molecular formula is C71H84N8O14. The molecule has 22 nitrogen and oxygen atoms in total. The Balaban J connectivity index is 1.12. The molecule has 6 N–H and O–H groups in total. The minimum absolute atomic E-state index is 0.0797. The van der Waals surface area contributed by atoms with Crippen molar-refractivity contribution in [2.45, 2.75) is 174 Å². The molecule has 7 rings (SSSR count). The number of aromatic hydroxyl groups is 1. The number of esters is 3. The monoisotopic (exact) mass is 1270 g/mol. The number of carbonyl (C=O) groups excluding carboxylic acids is 9. The smallest absolute Gasteiger partial charge is 0.408 e. The van der Waals surface area contributed by atoms with Gasteiger partial charge in [-0.1, -0.05) is 117 Å². The fourth-order valence-electron chi connectivity index (χ4n) is 10.1. The molecule has 0 spiro atoms. The SMILES string of the molecule is CC(C)C(NC(=O)C(CCC(=O)OC(C)(C)C)NC(=O)C(CC(=O)OC(C)(C)C)NC(=O)OCc1ccccc1)C(=O)NC(CC(=O)OC(C)(C)C)C(=O)Nc1ccc(CC2(Cc3ccccc3)N=C3C(Cc4ccccc4)=NC(c4ccc(O)cc4)=CN3C2=O)cc1. The number of fused-ring (bicyclic) bond motifs is 1. The second kappa shape index (κ2) is 30.9. The van der Waals surface area contributed by atoms with Gasteiger partial charge in [0.25, 0.3) is 5.91 Å². The highest BCUT2D eigenvalue weighted by Crippen LogP contribution is 2.36. The van der Waals surface area contributed by atoms with Crippen molar-refractivity contribution in [1.29, 1.82) is 0 Å². The van der Waals surface area contributed by atoms with Crippen LogP contribution in [0.2, 0.25) is 0 Å². The molecule has 0 radical (unpaired) electrons. The number of amides is 6. The minimum Gasteiger partial charge on any atom is -0.508 e. The molecule has 0 aliphatic carbocycles. The van der Waals surface area contributed by atoms with Crippen LogP contribution in [0.1, 0.15) is 130 Å². The Hall–Kier alpha value is -9.99. The zero-order valence-electron chi connectivity index (χ0n) is 54.5. The summed E-state index contributed by atoms with van der Waals surface area (Å²) in [5, 5.41) is 23.1. The van der Waals surface area contributed by atoms with Crippen molar-refractivity contribution in [3.63, 3.8) is 0 Å². The Kier molecular flexibility index (Phi) is 23.4. The minimum atomic E-state index is -1.67. The van der Waals surface area contributed by atoms with Crippen molar-refractivity contribution < 1.29 is 67.2 Å². The predicted octanol–water partition coefficient (Wildman–Crippen LogP) is 8.78. The predicted molar refractivity (Wildman–Crippen MR) is 350 cm³/mol. The van der Waals surface area contributed by atoms with E-state index in [-0.39, 0.29) is 43.2 Å². The molecule has 0 fully saturated rings. The van der Waals surface area contributed by atoms with Gasteiger partial charge in [0.2, 0.25) is 23.6 Å². The molecule has 2 heterocycles. The first kappa shape index (κ1) is 70.5. The summed E-state index contributed by atoms with van der Waals surface area (Å²) in [5.74, 6) is -6.71. The Labute approximate surface area is 542 Å². The number of alkyl carbamates (subject to hydrolysis) is 1. The molecule has 0 bridgehead atoms. The number of benzene rings is 5. The molecule has 2 aliphatic heterocycles. The van der Waals surface area contributed by atoms with E-state index in [1.165, 1.54) is 0 Å². The van der Waals surface area contributed by atoms with Gasteiger partial charge in [0.15, 0.2) is 11.4 Å². The van der Waals surface area contributed by atoms with Crippen molar-refractivity contribution in [2.24, 2.45) is 15.9 Å². The van der Waals surface area contributed by atoms with Gasteiger partial charge in [-0.05, 0) is 133 Å².